The molecule has 0 N–H and O–H groups in total. The predicted octanol–water partition coefficient (Wildman–Crippen LogP) is 4.20. The molecular weight excluding hydrogens is 164 g/mol. The summed E-state index contributed by atoms with van der Waals surface area (Å²) >= 11 is 2.16. The van der Waals surface area contributed by atoms with E-state index in [1.54, 1.807) is 0 Å². The Morgan fingerprint density at radius 1 is 1.00 bits per heavy atom. The van der Waals surface area contributed by atoms with E-state index < -0.39 is 0 Å². The summed E-state index contributed by atoms with van der Waals surface area (Å²) in [5.74, 6) is 3.05. The van der Waals surface area contributed by atoms with Crippen LogP contribution in [0.2, 0.25) is 0 Å². The zero-order chi connectivity index (χ0) is 9.56. The Morgan fingerprint density at radius 2 is 1.58 bits per heavy atom. The van der Waals surface area contributed by atoms with Gasteiger partial charge >= 0.3 is 0 Å². The first-order chi connectivity index (χ1) is 5.61. The molecule has 0 fully saturated rings. The number of rotatable bonds is 6. The van der Waals surface area contributed by atoms with Crippen LogP contribution in [-0.2, 0) is 0 Å². The largest absolute Gasteiger partial charge is 0.158 e. The molecule has 0 aliphatic heterocycles. The lowest BCUT2D eigenvalue weighted by Gasteiger charge is -2.21. The monoisotopic (exact) mass is 188 g/mol. The molecule has 0 saturated heterocycles. The van der Waals surface area contributed by atoms with Crippen LogP contribution in [0.25, 0.3) is 0 Å². The molecule has 0 amide bonds. The van der Waals surface area contributed by atoms with Crippen LogP contribution in [0.3, 0.4) is 0 Å². The van der Waals surface area contributed by atoms with Gasteiger partial charge < -0.3 is 0 Å². The van der Waals surface area contributed by atoms with Crippen LogP contribution in [0.5, 0.6) is 0 Å². The minimum absolute atomic E-state index is 0.841. The van der Waals surface area contributed by atoms with E-state index in [2.05, 4.69) is 46.4 Å². The summed E-state index contributed by atoms with van der Waals surface area (Å²) in [5, 5.41) is 0.886. The molecule has 0 rings (SSSR count). The Kier molecular flexibility index (Phi) is 7.02. The van der Waals surface area contributed by atoms with Crippen LogP contribution in [0, 0.1) is 11.8 Å². The van der Waals surface area contributed by atoms with Crippen molar-refractivity contribution in [3.8, 4) is 0 Å². The van der Waals surface area contributed by atoms with Gasteiger partial charge in [-0.25, -0.2) is 0 Å². The zero-order valence-corrected chi connectivity index (χ0v) is 10.1. The molecule has 0 aromatic heterocycles. The molecule has 12 heavy (non-hydrogen) atoms. The molecule has 0 nitrogen and oxygen atoms in total. The first-order valence-electron chi connectivity index (χ1n) is 5.23. The quantitative estimate of drug-likeness (QED) is 0.602. The fourth-order valence-electron chi connectivity index (χ4n) is 1.26. The molecule has 0 aliphatic carbocycles. The summed E-state index contributed by atoms with van der Waals surface area (Å²) in [6.45, 7) is 11.6. The van der Waals surface area contributed by atoms with Crippen LogP contribution < -0.4 is 0 Å². The van der Waals surface area contributed by atoms with E-state index in [9.17, 15) is 0 Å². The van der Waals surface area contributed by atoms with Crippen molar-refractivity contribution < 1.29 is 0 Å². The Balaban J connectivity index is 3.67. The van der Waals surface area contributed by atoms with E-state index in [4.69, 9.17) is 0 Å². The first-order valence-corrected chi connectivity index (χ1v) is 6.28. The van der Waals surface area contributed by atoms with Crippen molar-refractivity contribution >= 4 is 11.8 Å². The van der Waals surface area contributed by atoms with Gasteiger partial charge in [-0.1, -0.05) is 41.0 Å². The second-order valence-corrected chi connectivity index (χ2v) is 5.33. The van der Waals surface area contributed by atoms with Crippen LogP contribution in [0.15, 0.2) is 0 Å². The number of hydrogen-bond donors (Lipinski definition) is 0. The van der Waals surface area contributed by atoms with E-state index in [1.165, 1.54) is 18.6 Å². The minimum Gasteiger partial charge on any atom is -0.158 e. The maximum atomic E-state index is 2.38. The van der Waals surface area contributed by atoms with E-state index >= 15 is 0 Å². The molecule has 0 aromatic carbocycles. The summed E-state index contributed by atoms with van der Waals surface area (Å²) in [7, 11) is 0. The smallest absolute Gasteiger partial charge is 0.00700 e. The molecule has 2 unspecified atom stereocenters. The Bertz CT molecular complexity index is 99.2. The number of hydrogen-bond acceptors (Lipinski definition) is 1. The SMILES string of the molecule is CCC(C)C(CC)SCC(C)C. The average molecular weight is 188 g/mol. The summed E-state index contributed by atoms with van der Waals surface area (Å²) in [6.07, 6.45) is 2.65. The topological polar surface area (TPSA) is 0 Å². The molecule has 0 aromatic rings. The van der Waals surface area contributed by atoms with Crippen molar-refractivity contribution in [1.82, 2.24) is 0 Å². The lowest BCUT2D eigenvalue weighted by molar-refractivity contribution is 0.523. The fraction of sp³-hybridized carbons (Fsp3) is 1.00. The molecule has 74 valence electrons. The highest BCUT2D eigenvalue weighted by Gasteiger charge is 2.13. The van der Waals surface area contributed by atoms with E-state index in [0.717, 1.165) is 17.1 Å². The van der Waals surface area contributed by atoms with Gasteiger partial charge in [0.1, 0.15) is 0 Å². The van der Waals surface area contributed by atoms with E-state index in [-0.39, 0.29) is 0 Å². The van der Waals surface area contributed by atoms with Gasteiger partial charge in [0.25, 0.3) is 0 Å². The molecule has 0 saturated carbocycles. The molecule has 0 aliphatic rings. The third-order valence-corrected chi connectivity index (χ3v) is 4.41. The average Bonchev–Trinajstić information content (AvgIpc) is 2.04. The summed E-state index contributed by atoms with van der Waals surface area (Å²) < 4.78 is 0. The highest BCUT2D eigenvalue weighted by Crippen LogP contribution is 2.26. The number of thioether (sulfide) groups is 1. The Labute approximate surface area is 82.5 Å². The Morgan fingerprint density at radius 3 is 1.92 bits per heavy atom. The lowest BCUT2D eigenvalue weighted by atomic mass is 10.0. The predicted molar refractivity (Wildman–Crippen MR) is 60.8 cm³/mol. The fourth-order valence-corrected chi connectivity index (χ4v) is 2.65. The first kappa shape index (κ1) is 12.3. The zero-order valence-electron chi connectivity index (χ0n) is 9.26. The maximum absolute atomic E-state index is 2.38. The van der Waals surface area contributed by atoms with Crippen LogP contribution >= 0.6 is 11.8 Å². The van der Waals surface area contributed by atoms with Crippen molar-refractivity contribution in [3.05, 3.63) is 0 Å². The summed E-state index contributed by atoms with van der Waals surface area (Å²) in [5.41, 5.74) is 0. The van der Waals surface area contributed by atoms with Crippen LogP contribution in [0.1, 0.15) is 47.5 Å². The third-order valence-electron chi connectivity index (χ3n) is 2.32. The van der Waals surface area contributed by atoms with E-state index in [1.807, 2.05) is 0 Å². The third kappa shape index (κ3) is 5.08. The molecular formula is C11H24S. The highest BCUT2D eigenvalue weighted by molar-refractivity contribution is 7.99. The lowest BCUT2D eigenvalue weighted by Crippen LogP contribution is -2.14. The van der Waals surface area contributed by atoms with Crippen molar-refractivity contribution in [2.24, 2.45) is 11.8 Å². The molecule has 0 spiro atoms. The normalized spacial score (nSPS) is 16.5. The highest BCUT2D eigenvalue weighted by atomic mass is 32.2. The van der Waals surface area contributed by atoms with Gasteiger partial charge in [0.2, 0.25) is 0 Å². The van der Waals surface area contributed by atoms with Crippen molar-refractivity contribution in [1.29, 1.82) is 0 Å². The summed E-state index contributed by atoms with van der Waals surface area (Å²) in [4.78, 5) is 0. The standard InChI is InChI=1S/C11H24S/c1-6-10(5)11(7-2)12-8-9(3)4/h9-11H,6-8H2,1-5H3. The van der Waals surface area contributed by atoms with Gasteiger partial charge in [0.15, 0.2) is 0 Å². The van der Waals surface area contributed by atoms with E-state index in [0.29, 0.717) is 0 Å². The van der Waals surface area contributed by atoms with Gasteiger partial charge in [-0.2, -0.15) is 11.8 Å². The van der Waals surface area contributed by atoms with Crippen molar-refractivity contribution in [2.45, 2.75) is 52.7 Å². The van der Waals surface area contributed by atoms with Gasteiger partial charge in [-0.3, -0.25) is 0 Å². The molecule has 2 atom stereocenters. The van der Waals surface area contributed by atoms with Gasteiger partial charge in [-0.05, 0) is 24.0 Å². The van der Waals surface area contributed by atoms with Crippen molar-refractivity contribution in [2.75, 3.05) is 5.75 Å². The second-order valence-electron chi connectivity index (χ2n) is 4.06. The van der Waals surface area contributed by atoms with Gasteiger partial charge in [-0.15, -0.1) is 0 Å². The van der Waals surface area contributed by atoms with Gasteiger partial charge in [0.05, 0.1) is 0 Å². The van der Waals surface area contributed by atoms with Crippen LogP contribution in [0.4, 0.5) is 0 Å². The van der Waals surface area contributed by atoms with Crippen LogP contribution in [-0.4, -0.2) is 11.0 Å². The van der Waals surface area contributed by atoms with Crippen molar-refractivity contribution in [3.63, 3.8) is 0 Å². The second kappa shape index (κ2) is 6.82. The molecule has 0 heterocycles. The maximum Gasteiger partial charge on any atom is 0.00700 e. The summed E-state index contributed by atoms with van der Waals surface area (Å²) in [6, 6.07) is 0. The molecule has 0 bridgehead atoms. The van der Waals surface area contributed by atoms with Gasteiger partial charge in [0, 0.05) is 5.25 Å². The minimum atomic E-state index is 0.841. The Hall–Kier alpha value is 0.350. The molecule has 1 heteroatoms. The molecule has 0 radical (unpaired) electrons.